The Balaban J connectivity index is 2.03. The molecule has 0 fully saturated rings. The summed E-state index contributed by atoms with van der Waals surface area (Å²) >= 11 is 0. The first-order chi connectivity index (χ1) is 10.9. The van der Waals surface area contributed by atoms with Crippen molar-refractivity contribution >= 4 is 34.8 Å². The summed E-state index contributed by atoms with van der Waals surface area (Å²) in [5, 5.41) is 4.87. The predicted molar refractivity (Wildman–Crippen MR) is 87.8 cm³/mol. The maximum Gasteiger partial charge on any atom is 0.314 e. The monoisotopic (exact) mass is 312 g/mol. The molecule has 118 valence electrons. The first-order valence-electron chi connectivity index (χ1n) is 6.75. The number of anilines is 3. The molecular weight excluding hydrogens is 296 g/mol. The Labute approximate surface area is 132 Å². The van der Waals surface area contributed by atoms with Crippen molar-refractivity contribution in [3.63, 3.8) is 0 Å². The van der Waals surface area contributed by atoms with Gasteiger partial charge in [-0.1, -0.05) is 6.07 Å². The average molecular weight is 312 g/mol. The van der Waals surface area contributed by atoms with Gasteiger partial charge < -0.3 is 22.1 Å². The highest BCUT2D eigenvalue weighted by Gasteiger charge is 2.15. The minimum Gasteiger partial charge on any atom is -0.397 e. The third-order valence-corrected chi connectivity index (χ3v) is 3.09. The van der Waals surface area contributed by atoms with Crippen molar-refractivity contribution in [1.29, 1.82) is 0 Å². The van der Waals surface area contributed by atoms with Crippen molar-refractivity contribution in [2.45, 2.75) is 6.92 Å². The molecule has 0 aliphatic heterocycles. The van der Waals surface area contributed by atoms with E-state index >= 15 is 0 Å². The number of amides is 3. The fraction of sp³-hybridized carbons (Fsp3) is 0.0625. The lowest BCUT2D eigenvalue weighted by Crippen LogP contribution is -2.29. The summed E-state index contributed by atoms with van der Waals surface area (Å²) in [6.07, 6.45) is 0. The second-order valence-corrected chi connectivity index (χ2v) is 4.94. The molecule has 7 nitrogen and oxygen atoms in total. The fourth-order valence-electron chi connectivity index (χ4n) is 1.86. The van der Waals surface area contributed by atoms with Crippen LogP contribution in [0, 0.1) is 6.92 Å². The number of nitrogens with one attached hydrogen (secondary N) is 2. The van der Waals surface area contributed by atoms with Crippen LogP contribution in [0.5, 0.6) is 0 Å². The quantitative estimate of drug-likeness (QED) is 0.502. The van der Waals surface area contributed by atoms with Crippen LogP contribution in [0.15, 0.2) is 42.5 Å². The molecule has 0 atom stereocenters. The van der Waals surface area contributed by atoms with E-state index in [4.69, 9.17) is 11.5 Å². The number of primary amides is 1. The summed E-state index contributed by atoms with van der Waals surface area (Å²) in [5.41, 5.74) is 13.2. The van der Waals surface area contributed by atoms with Crippen LogP contribution >= 0.6 is 0 Å². The SMILES string of the molecule is Cc1ccc(N)c(NC(=O)C(=O)Nc2ccc(C(N)=O)cc2)c1. The van der Waals surface area contributed by atoms with Gasteiger partial charge in [0.1, 0.15) is 0 Å². The molecule has 2 rings (SSSR count). The van der Waals surface area contributed by atoms with Crippen LogP contribution in [-0.4, -0.2) is 17.7 Å². The molecule has 0 saturated carbocycles. The topological polar surface area (TPSA) is 127 Å². The van der Waals surface area contributed by atoms with Gasteiger partial charge in [-0.3, -0.25) is 14.4 Å². The number of nitrogens with two attached hydrogens (primary N) is 2. The molecule has 2 aromatic carbocycles. The van der Waals surface area contributed by atoms with E-state index in [2.05, 4.69) is 10.6 Å². The second-order valence-electron chi connectivity index (χ2n) is 4.94. The number of hydrogen-bond donors (Lipinski definition) is 4. The van der Waals surface area contributed by atoms with Crippen molar-refractivity contribution in [2.24, 2.45) is 5.73 Å². The van der Waals surface area contributed by atoms with Gasteiger partial charge in [-0.25, -0.2) is 0 Å². The average Bonchev–Trinajstić information content (AvgIpc) is 2.51. The first-order valence-corrected chi connectivity index (χ1v) is 6.75. The molecule has 0 spiro atoms. The van der Waals surface area contributed by atoms with Crippen LogP contribution < -0.4 is 22.1 Å². The van der Waals surface area contributed by atoms with Crippen molar-refractivity contribution in [2.75, 3.05) is 16.4 Å². The summed E-state index contributed by atoms with van der Waals surface area (Å²) in [4.78, 5) is 34.7. The number of hydrogen-bond acceptors (Lipinski definition) is 4. The second kappa shape index (κ2) is 6.61. The van der Waals surface area contributed by atoms with Gasteiger partial charge >= 0.3 is 11.8 Å². The van der Waals surface area contributed by atoms with Crippen LogP contribution in [0.25, 0.3) is 0 Å². The van der Waals surface area contributed by atoms with Crippen LogP contribution in [0.4, 0.5) is 17.1 Å². The number of benzene rings is 2. The van der Waals surface area contributed by atoms with Gasteiger partial charge in [0.05, 0.1) is 11.4 Å². The Hall–Kier alpha value is -3.35. The van der Waals surface area contributed by atoms with Crippen molar-refractivity contribution < 1.29 is 14.4 Å². The molecule has 0 bridgehead atoms. The smallest absolute Gasteiger partial charge is 0.314 e. The zero-order valence-electron chi connectivity index (χ0n) is 12.4. The molecule has 0 radical (unpaired) electrons. The van der Waals surface area contributed by atoms with Crippen LogP contribution in [0.3, 0.4) is 0 Å². The summed E-state index contributed by atoms with van der Waals surface area (Å²) < 4.78 is 0. The van der Waals surface area contributed by atoms with Crippen LogP contribution in [0.2, 0.25) is 0 Å². The predicted octanol–water partition coefficient (Wildman–Crippen LogP) is 1.25. The van der Waals surface area contributed by atoms with Crippen molar-refractivity contribution in [3.8, 4) is 0 Å². The molecular formula is C16H16N4O3. The number of nitrogen functional groups attached to an aromatic ring is 1. The molecule has 0 saturated heterocycles. The van der Waals surface area contributed by atoms with Crippen LogP contribution in [-0.2, 0) is 9.59 Å². The summed E-state index contributed by atoms with van der Waals surface area (Å²) in [6, 6.07) is 11.0. The van der Waals surface area contributed by atoms with E-state index in [1.807, 2.05) is 6.92 Å². The van der Waals surface area contributed by atoms with E-state index in [1.165, 1.54) is 24.3 Å². The van der Waals surface area contributed by atoms with E-state index in [0.717, 1.165) is 5.56 Å². The fourth-order valence-corrected chi connectivity index (χ4v) is 1.86. The van der Waals surface area contributed by atoms with E-state index in [-0.39, 0.29) is 0 Å². The van der Waals surface area contributed by atoms with E-state index in [9.17, 15) is 14.4 Å². The molecule has 6 N–H and O–H groups in total. The lowest BCUT2D eigenvalue weighted by Gasteiger charge is -2.09. The minimum atomic E-state index is -0.849. The highest BCUT2D eigenvalue weighted by molar-refractivity contribution is 6.43. The molecule has 3 amide bonds. The van der Waals surface area contributed by atoms with Gasteiger partial charge in [-0.2, -0.15) is 0 Å². The van der Waals surface area contributed by atoms with Gasteiger partial charge in [0.25, 0.3) is 0 Å². The van der Waals surface area contributed by atoms with Gasteiger partial charge in [-0.05, 0) is 48.9 Å². The van der Waals surface area contributed by atoms with Gasteiger partial charge in [-0.15, -0.1) is 0 Å². The standard InChI is InChI=1S/C16H16N4O3/c1-9-2-7-12(17)13(8-9)20-16(23)15(22)19-11-5-3-10(4-6-11)14(18)21/h2-8H,17H2,1H3,(H2,18,21)(H,19,22)(H,20,23). The lowest BCUT2D eigenvalue weighted by atomic mass is 10.2. The van der Waals surface area contributed by atoms with E-state index in [1.54, 1.807) is 18.2 Å². The molecule has 0 aromatic heterocycles. The van der Waals surface area contributed by atoms with Crippen LogP contribution in [0.1, 0.15) is 15.9 Å². The Morgan fingerprint density at radius 2 is 1.52 bits per heavy atom. The van der Waals surface area contributed by atoms with Gasteiger partial charge in [0.2, 0.25) is 5.91 Å². The first kappa shape index (κ1) is 16.0. The minimum absolute atomic E-state index is 0.306. The Morgan fingerprint density at radius 1 is 0.913 bits per heavy atom. The molecule has 23 heavy (non-hydrogen) atoms. The molecule has 0 aliphatic rings. The number of carbonyl (C=O) groups is 3. The summed E-state index contributed by atoms with van der Waals surface area (Å²) in [7, 11) is 0. The maximum atomic E-state index is 11.9. The lowest BCUT2D eigenvalue weighted by molar-refractivity contribution is -0.132. The molecule has 7 heteroatoms. The molecule has 2 aromatic rings. The Bertz CT molecular complexity index is 769. The third kappa shape index (κ3) is 4.07. The maximum absolute atomic E-state index is 11.9. The summed E-state index contributed by atoms with van der Waals surface area (Å²) in [6.45, 7) is 1.84. The Kier molecular flexibility index (Phi) is 4.61. The van der Waals surface area contributed by atoms with Crippen molar-refractivity contribution in [3.05, 3.63) is 53.6 Å². The third-order valence-electron chi connectivity index (χ3n) is 3.09. The summed E-state index contributed by atoms with van der Waals surface area (Å²) in [5.74, 6) is -2.27. The number of aryl methyl sites for hydroxylation is 1. The van der Waals surface area contributed by atoms with E-state index in [0.29, 0.717) is 22.6 Å². The molecule has 0 heterocycles. The van der Waals surface area contributed by atoms with E-state index < -0.39 is 17.7 Å². The van der Waals surface area contributed by atoms with Gasteiger partial charge in [0.15, 0.2) is 0 Å². The largest absolute Gasteiger partial charge is 0.397 e. The number of carbonyl (C=O) groups excluding carboxylic acids is 3. The van der Waals surface area contributed by atoms with Gasteiger partial charge in [0, 0.05) is 11.3 Å². The number of rotatable bonds is 3. The zero-order valence-corrected chi connectivity index (χ0v) is 12.4. The van der Waals surface area contributed by atoms with Crippen molar-refractivity contribution in [1.82, 2.24) is 0 Å². The normalized spacial score (nSPS) is 9.96. The highest BCUT2D eigenvalue weighted by Crippen LogP contribution is 2.19. The molecule has 0 aliphatic carbocycles. The highest BCUT2D eigenvalue weighted by atomic mass is 16.2. The zero-order chi connectivity index (χ0) is 17.0. The molecule has 0 unspecified atom stereocenters. The Morgan fingerprint density at radius 3 is 2.13 bits per heavy atom.